The lowest BCUT2D eigenvalue weighted by molar-refractivity contribution is -0.139. The Hall–Kier alpha value is -2.98. The maximum atomic E-state index is 10.8. The largest absolute Gasteiger partial charge is 0.486 e. The number of carboxylic acids is 1. The van der Waals surface area contributed by atoms with E-state index in [9.17, 15) is 4.79 Å². The minimum absolute atomic E-state index is 0.0904. The van der Waals surface area contributed by atoms with Crippen molar-refractivity contribution in [3.05, 3.63) is 82.4 Å². The fraction of sp³-hybridized carbons (Fsp3) is 0.296. The molecule has 5 heteroatoms. The summed E-state index contributed by atoms with van der Waals surface area (Å²) >= 11 is 6.07. The van der Waals surface area contributed by atoms with Crippen LogP contribution in [0.3, 0.4) is 0 Å². The molecule has 0 saturated carbocycles. The molecule has 0 fully saturated rings. The van der Waals surface area contributed by atoms with Crippen LogP contribution in [0.1, 0.15) is 49.0 Å². The van der Waals surface area contributed by atoms with Crippen LogP contribution in [0.25, 0.3) is 11.1 Å². The molecule has 1 unspecified atom stereocenters. The predicted octanol–water partition coefficient (Wildman–Crippen LogP) is 7.40. The van der Waals surface area contributed by atoms with Gasteiger partial charge in [-0.25, -0.2) is 4.79 Å². The SMILES string of the molecule is CCCCC(Oc1ccc(OCC(=O)O)c(C)c1)c1cccc(-c2ccc(Cl)cc2)c1C. The second kappa shape index (κ2) is 11.1. The lowest BCUT2D eigenvalue weighted by atomic mass is 9.92. The van der Waals surface area contributed by atoms with Gasteiger partial charge in [0.2, 0.25) is 0 Å². The van der Waals surface area contributed by atoms with E-state index in [1.165, 1.54) is 5.56 Å². The molecule has 0 aliphatic rings. The molecule has 0 saturated heterocycles. The average Bonchev–Trinajstić information content (AvgIpc) is 2.77. The van der Waals surface area contributed by atoms with Crippen LogP contribution in [-0.4, -0.2) is 17.7 Å². The molecular formula is C27H29ClO4. The molecule has 3 rings (SSSR count). The molecule has 0 aliphatic carbocycles. The number of ether oxygens (including phenoxy) is 2. The Morgan fingerprint density at radius 2 is 1.81 bits per heavy atom. The first-order valence-electron chi connectivity index (χ1n) is 10.9. The molecule has 4 nitrogen and oxygen atoms in total. The third-order valence-corrected chi connectivity index (χ3v) is 5.73. The van der Waals surface area contributed by atoms with E-state index >= 15 is 0 Å². The van der Waals surface area contributed by atoms with Crippen molar-refractivity contribution in [1.82, 2.24) is 0 Å². The van der Waals surface area contributed by atoms with Gasteiger partial charge in [0.05, 0.1) is 0 Å². The Bertz CT molecular complexity index is 1060. The summed E-state index contributed by atoms with van der Waals surface area (Å²) in [5.74, 6) is 0.286. The highest BCUT2D eigenvalue weighted by Crippen LogP contribution is 2.35. The summed E-state index contributed by atoms with van der Waals surface area (Å²) in [5, 5.41) is 9.56. The molecule has 0 radical (unpaired) electrons. The Balaban J connectivity index is 1.88. The van der Waals surface area contributed by atoms with Gasteiger partial charge in [-0.15, -0.1) is 0 Å². The standard InChI is InChI=1S/C27H29ClO4/c1-4-5-9-26(32-22-14-15-25(18(2)16-22)31-17-27(29)30)24-8-6-7-23(19(24)3)20-10-12-21(28)13-11-20/h6-8,10-16,26H,4-5,9,17H2,1-3H3,(H,29,30). The number of aliphatic carboxylic acids is 1. The summed E-state index contributed by atoms with van der Waals surface area (Å²) in [6.45, 7) is 5.83. The minimum atomic E-state index is -1.000. The first-order valence-corrected chi connectivity index (χ1v) is 11.2. The number of hydrogen-bond acceptors (Lipinski definition) is 3. The monoisotopic (exact) mass is 452 g/mol. The molecule has 0 spiro atoms. The molecule has 168 valence electrons. The third kappa shape index (κ3) is 6.04. The van der Waals surface area contributed by atoms with Gasteiger partial charge in [-0.3, -0.25) is 0 Å². The third-order valence-electron chi connectivity index (χ3n) is 5.47. The fourth-order valence-corrected chi connectivity index (χ4v) is 3.90. The van der Waals surface area contributed by atoms with Crippen LogP contribution in [0.5, 0.6) is 11.5 Å². The van der Waals surface area contributed by atoms with Gasteiger partial charge in [0, 0.05) is 5.02 Å². The normalized spacial score (nSPS) is 11.8. The quantitative estimate of drug-likeness (QED) is 0.348. The van der Waals surface area contributed by atoms with E-state index in [2.05, 4.69) is 32.0 Å². The Morgan fingerprint density at radius 1 is 1.06 bits per heavy atom. The highest BCUT2D eigenvalue weighted by atomic mass is 35.5. The number of unbranched alkanes of at least 4 members (excludes halogenated alkanes) is 1. The van der Waals surface area contributed by atoms with Gasteiger partial charge in [-0.1, -0.05) is 55.3 Å². The van der Waals surface area contributed by atoms with Crippen molar-refractivity contribution in [3.8, 4) is 22.6 Å². The zero-order valence-electron chi connectivity index (χ0n) is 18.7. The number of halogens is 1. The Labute approximate surface area is 194 Å². The number of rotatable bonds is 10. The minimum Gasteiger partial charge on any atom is -0.486 e. The molecule has 0 heterocycles. The van der Waals surface area contributed by atoms with Gasteiger partial charge in [0.1, 0.15) is 17.6 Å². The summed E-state index contributed by atoms with van der Waals surface area (Å²) < 4.78 is 11.8. The highest BCUT2D eigenvalue weighted by molar-refractivity contribution is 6.30. The van der Waals surface area contributed by atoms with Crippen molar-refractivity contribution in [2.24, 2.45) is 0 Å². The molecular weight excluding hydrogens is 424 g/mol. The average molecular weight is 453 g/mol. The maximum absolute atomic E-state index is 10.8. The Kier molecular flexibility index (Phi) is 8.18. The van der Waals surface area contributed by atoms with Crippen molar-refractivity contribution in [1.29, 1.82) is 0 Å². The number of carboxylic acid groups (broad SMARTS) is 1. The smallest absolute Gasteiger partial charge is 0.341 e. The van der Waals surface area contributed by atoms with E-state index in [-0.39, 0.29) is 12.7 Å². The van der Waals surface area contributed by atoms with Gasteiger partial charge in [0.15, 0.2) is 6.61 Å². The van der Waals surface area contributed by atoms with Crippen LogP contribution in [0.15, 0.2) is 60.7 Å². The topological polar surface area (TPSA) is 55.8 Å². The van der Waals surface area contributed by atoms with Crippen LogP contribution in [0, 0.1) is 13.8 Å². The van der Waals surface area contributed by atoms with Crippen molar-refractivity contribution in [3.63, 3.8) is 0 Å². The van der Waals surface area contributed by atoms with Crippen LogP contribution in [0.2, 0.25) is 5.02 Å². The zero-order chi connectivity index (χ0) is 23.1. The van der Waals surface area contributed by atoms with Crippen molar-refractivity contribution >= 4 is 17.6 Å². The second-order valence-corrected chi connectivity index (χ2v) is 8.32. The first-order chi connectivity index (χ1) is 15.4. The molecule has 3 aromatic carbocycles. The van der Waals surface area contributed by atoms with Crippen LogP contribution >= 0.6 is 11.6 Å². The number of hydrogen-bond donors (Lipinski definition) is 1. The molecule has 3 aromatic rings. The predicted molar refractivity (Wildman–Crippen MR) is 129 cm³/mol. The maximum Gasteiger partial charge on any atom is 0.341 e. The van der Waals surface area contributed by atoms with Crippen LogP contribution in [0.4, 0.5) is 0 Å². The summed E-state index contributed by atoms with van der Waals surface area (Å²) in [4.78, 5) is 10.8. The molecule has 0 bridgehead atoms. The lowest BCUT2D eigenvalue weighted by Gasteiger charge is -2.23. The highest BCUT2D eigenvalue weighted by Gasteiger charge is 2.18. The number of carbonyl (C=O) groups is 1. The zero-order valence-corrected chi connectivity index (χ0v) is 19.5. The fourth-order valence-electron chi connectivity index (χ4n) is 3.77. The van der Waals surface area contributed by atoms with Crippen molar-refractivity contribution in [2.45, 2.75) is 46.1 Å². The molecule has 32 heavy (non-hydrogen) atoms. The second-order valence-electron chi connectivity index (χ2n) is 7.89. The van der Waals surface area contributed by atoms with E-state index in [0.717, 1.165) is 52.3 Å². The van der Waals surface area contributed by atoms with Crippen LogP contribution in [-0.2, 0) is 4.79 Å². The van der Waals surface area contributed by atoms with Crippen LogP contribution < -0.4 is 9.47 Å². The van der Waals surface area contributed by atoms with Gasteiger partial charge in [-0.2, -0.15) is 0 Å². The van der Waals surface area contributed by atoms with E-state index in [0.29, 0.717) is 5.75 Å². The van der Waals surface area contributed by atoms with Gasteiger partial charge in [-0.05, 0) is 84.8 Å². The Morgan fingerprint density at radius 3 is 2.47 bits per heavy atom. The molecule has 0 amide bonds. The number of aryl methyl sites for hydroxylation is 1. The lowest BCUT2D eigenvalue weighted by Crippen LogP contribution is -2.11. The number of benzene rings is 3. The van der Waals surface area contributed by atoms with Gasteiger partial charge in [0.25, 0.3) is 0 Å². The van der Waals surface area contributed by atoms with Gasteiger partial charge >= 0.3 is 5.97 Å². The first kappa shape index (κ1) is 23.7. The summed E-state index contributed by atoms with van der Waals surface area (Å²) in [6, 6.07) is 19.7. The molecule has 1 atom stereocenters. The van der Waals surface area contributed by atoms with E-state index < -0.39 is 5.97 Å². The molecule has 0 aromatic heterocycles. The van der Waals surface area contributed by atoms with E-state index in [4.69, 9.17) is 26.2 Å². The summed E-state index contributed by atoms with van der Waals surface area (Å²) in [6.07, 6.45) is 2.94. The van der Waals surface area contributed by atoms with Crippen molar-refractivity contribution < 1.29 is 19.4 Å². The van der Waals surface area contributed by atoms with E-state index in [1.807, 2.05) is 43.3 Å². The molecule has 1 N–H and O–H groups in total. The van der Waals surface area contributed by atoms with Crippen molar-refractivity contribution in [2.75, 3.05) is 6.61 Å². The summed E-state index contributed by atoms with van der Waals surface area (Å²) in [5.41, 5.74) is 5.48. The summed E-state index contributed by atoms with van der Waals surface area (Å²) in [7, 11) is 0. The molecule has 0 aliphatic heterocycles. The van der Waals surface area contributed by atoms with E-state index in [1.54, 1.807) is 6.07 Å². The van der Waals surface area contributed by atoms with Gasteiger partial charge < -0.3 is 14.6 Å².